The van der Waals surface area contributed by atoms with Gasteiger partial charge in [-0.25, -0.2) is 0 Å². The van der Waals surface area contributed by atoms with Crippen LogP contribution in [-0.2, 0) is 0 Å². The van der Waals surface area contributed by atoms with Crippen LogP contribution in [0.25, 0.3) is 0 Å². The molecule has 0 radical (unpaired) electrons. The number of nitrogens with zero attached hydrogens (tertiary/aromatic N) is 1. The molecule has 0 atom stereocenters. The highest BCUT2D eigenvalue weighted by molar-refractivity contribution is 5.46. The molecule has 20 heavy (non-hydrogen) atoms. The molecular weight excluding hydrogens is 246 g/mol. The number of benzene rings is 1. The lowest BCUT2D eigenvalue weighted by Crippen LogP contribution is -2.13. The largest absolute Gasteiger partial charge is 0.495 e. The van der Waals surface area contributed by atoms with Crippen molar-refractivity contribution in [2.24, 2.45) is 5.92 Å². The highest BCUT2D eigenvalue weighted by Gasteiger charge is 2.22. The standard InChI is InChI=1S/C18H25NO/c1-3-4-5-14-6-8-15(9-7-14)16-10-11-18(20-2)17(12-16)13-19/h10-12,14-15H,3-9H2,1-2H3. The Morgan fingerprint density at radius 2 is 2.00 bits per heavy atom. The first-order chi connectivity index (χ1) is 9.78. The van der Waals surface area contributed by atoms with E-state index in [2.05, 4.69) is 19.1 Å². The van der Waals surface area contributed by atoms with Crippen LogP contribution in [-0.4, -0.2) is 7.11 Å². The summed E-state index contributed by atoms with van der Waals surface area (Å²) in [6, 6.07) is 8.34. The summed E-state index contributed by atoms with van der Waals surface area (Å²) >= 11 is 0. The molecule has 0 aliphatic heterocycles. The number of methoxy groups -OCH3 is 1. The molecule has 0 heterocycles. The summed E-state index contributed by atoms with van der Waals surface area (Å²) in [7, 11) is 1.62. The van der Waals surface area contributed by atoms with Crippen molar-refractivity contribution in [1.82, 2.24) is 0 Å². The van der Waals surface area contributed by atoms with Gasteiger partial charge in [-0.1, -0.05) is 32.3 Å². The van der Waals surface area contributed by atoms with Gasteiger partial charge in [-0.2, -0.15) is 5.26 Å². The molecule has 0 N–H and O–H groups in total. The fraction of sp³-hybridized carbons (Fsp3) is 0.611. The number of unbranched alkanes of at least 4 members (excludes halogenated alkanes) is 1. The molecule has 2 nitrogen and oxygen atoms in total. The Labute approximate surface area is 122 Å². The highest BCUT2D eigenvalue weighted by Crippen LogP contribution is 2.38. The van der Waals surface area contributed by atoms with E-state index in [9.17, 15) is 5.26 Å². The minimum Gasteiger partial charge on any atom is -0.495 e. The van der Waals surface area contributed by atoms with Crippen LogP contribution in [0.2, 0.25) is 0 Å². The average molecular weight is 271 g/mol. The zero-order valence-corrected chi connectivity index (χ0v) is 12.7. The van der Waals surface area contributed by atoms with Crippen molar-refractivity contribution in [3.63, 3.8) is 0 Å². The van der Waals surface area contributed by atoms with Crippen molar-refractivity contribution in [2.45, 2.75) is 57.8 Å². The number of ether oxygens (including phenoxy) is 1. The molecular formula is C18H25NO. The summed E-state index contributed by atoms with van der Waals surface area (Å²) in [6.07, 6.45) is 9.31. The second-order valence-corrected chi connectivity index (χ2v) is 5.93. The van der Waals surface area contributed by atoms with Gasteiger partial charge in [-0.15, -0.1) is 0 Å². The number of hydrogen-bond donors (Lipinski definition) is 0. The predicted octanol–water partition coefficient (Wildman–Crippen LogP) is 5.03. The van der Waals surface area contributed by atoms with Crippen LogP contribution in [0.5, 0.6) is 5.75 Å². The van der Waals surface area contributed by atoms with Gasteiger partial charge in [-0.05, 0) is 55.2 Å². The first-order valence-corrected chi connectivity index (χ1v) is 7.86. The summed E-state index contributed by atoms with van der Waals surface area (Å²) in [5, 5.41) is 9.18. The lowest BCUT2D eigenvalue weighted by molar-refractivity contribution is 0.304. The summed E-state index contributed by atoms with van der Waals surface area (Å²) in [6.45, 7) is 2.27. The maximum atomic E-state index is 9.18. The van der Waals surface area contributed by atoms with Crippen LogP contribution >= 0.6 is 0 Å². The molecule has 108 valence electrons. The Kier molecular flexibility index (Phi) is 5.47. The SMILES string of the molecule is CCCCC1CCC(c2ccc(OC)c(C#N)c2)CC1. The fourth-order valence-corrected chi connectivity index (χ4v) is 3.34. The molecule has 0 aromatic heterocycles. The lowest BCUT2D eigenvalue weighted by atomic mass is 9.77. The van der Waals surface area contributed by atoms with Crippen LogP contribution in [0.4, 0.5) is 0 Å². The first kappa shape index (κ1) is 14.9. The van der Waals surface area contributed by atoms with Crippen LogP contribution in [0.3, 0.4) is 0 Å². The molecule has 1 aromatic rings. The molecule has 2 rings (SSSR count). The van der Waals surface area contributed by atoms with E-state index in [0.717, 1.165) is 5.92 Å². The van der Waals surface area contributed by atoms with E-state index in [-0.39, 0.29) is 0 Å². The normalized spacial score (nSPS) is 22.2. The number of nitriles is 1. The van der Waals surface area contributed by atoms with E-state index >= 15 is 0 Å². The Bertz CT molecular complexity index is 467. The fourth-order valence-electron chi connectivity index (χ4n) is 3.34. The second-order valence-electron chi connectivity index (χ2n) is 5.93. The van der Waals surface area contributed by atoms with Crippen LogP contribution in [0.15, 0.2) is 18.2 Å². The van der Waals surface area contributed by atoms with Gasteiger partial charge in [0, 0.05) is 0 Å². The summed E-state index contributed by atoms with van der Waals surface area (Å²) in [5.41, 5.74) is 1.98. The number of hydrogen-bond acceptors (Lipinski definition) is 2. The molecule has 1 aliphatic rings. The highest BCUT2D eigenvalue weighted by atomic mass is 16.5. The Hall–Kier alpha value is -1.49. The molecule has 1 aliphatic carbocycles. The molecule has 0 spiro atoms. The molecule has 1 fully saturated rings. The number of rotatable bonds is 5. The lowest BCUT2D eigenvalue weighted by Gasteiger charge is -2.29. The Morgan fingerprint density at radius 3 is 2.60 bits per heavy atom. The minimum atomic E-state index is 0.630. The van der Waals surface area contributed by atoms with E-state index in [1.807, 2.05) is 12.1 Å². The maximum absolute atomic E-state index is 9.18. The van der Waals surface area contributed by atoms with Crippen molar-refractivity contribution in [3.8, 4) is 11.8 Å². The average Bonchev–Trinajstić information content (AvgIpc) is 2.52. The molecule has 2 heteroatoms. The van der Waals surface area contributed by atoms with Gasteiger partial charge in [0.2, 0.25) is 0 Å². The maximum Gasteiger partial charge on any atom is 0.136 e. The van der Waals surface area contributed by atoms with Gasteiger partial charge in [-0.3, -0.25) is 0 Å². The van der Waals surface area contributed by atoms with Crippen LogP contribution in [0, 0.1) is 17.2 Å². The van der Waals surface area contributed by atoms with E-state index < -0.39 is 0 Å². The third kappa shape index (κ3) is 3.54. The van der Waals surface area contributed by atoms with Crippen LogP contribution < -0.4 is 4.74 Å². The van der Waals surface area contributed by atoms with Crippen molar-refractivity contribution >= 4 is 0 Å². The Balaban J connectivity index is 1.98. The third-order valence-corrected chi connectivity index (χ3v) is 4.63. The first-order valence-electron chi connectivity index (χ1n) is 7.86. The summed E-state index contributed by atoms with van der Waals surface area (Å²) in [5.74, 6) is 2.25. The van der Waals surface area contributed by atoms with Gasteiger partial charge in [0.25, 0.3) is 0 Å². The molecule has 1 aromatic carbocycles. The zero-order chi connectivity index (χ0) is 14.4. The molecule has 0 amide bonds. The molecule has 0 unspecified atom stereocenters. The van der Waals surface area contributed by atoms with E-state index in [0.29, 0.717) is 17.2 Å². The molecule has 0 bridgehead atoms. The van der Waals surface area contributed by atoms with Crippen molar-refractivity contribution in [1.29, 1.82) is 5.26 Å². The van der Waals surface area contributed by atoms with Crippen LogP contribution in [0.1, 0.15) is 68.9 Å². The van der Waals surface area contributed by atoms with Crippen molar-refractivity contribution < 1.29 is 4.74 Å². The molecule has 0 saturated heterocycles. The van der Waals surface area contributed by atoms with Crippen molar-refractivity contribution in [2.75, 3.05) is 7.11 Å². The van der Waals surface area contributed by atoms with Gasteiger partial charge in [0.05, 0.1) is 12.7 Å². The van der Waals surface area contributed by atoms with Gasteiger partial charge >= 0.3 is 0 Å². The predicted molar refractivity (Wildman–Crippen MR) is 81.9 cm³/mol. The third-order valence-electron chi connectivity index (χ3n) is 4.63. The van der Waals surface area contributed by atoms with Gasteiger partial charge in [0.1, 0.15) is 11.8 Å². The summed E-state index contributed by atoms with van der Waals surface area (Å²) in [4.78, 5) is 0. The van der Waals surface area contributed by atoms with E-state index in [1.165, 1.54) is 50.5 Å². The monoisotopic (exact) mass is 271 g/mol. The van der Waals surface area contributed by atoms with E-state index in [4.69, 9.17) is 4.74 Å². The topological polar surface area (TPSA) is 33.0 Å². The zero-order valence-electron chi connectivity index (χ0n) is 12.7. The molecule has 1 saturated carbocycles. The van der Waals surface area contributed by atoms with Crippen molar-refractivity contribution in [3.05, 3.63) is 29.3 Å². The van der Waals surface area contributed by atoms with Gasteiger partial charge in [0.15, 0.2) is 0 Å². The van der Waals surface area contributed by atoms with Gasteiger partial charge < -0.3 is 4.74 Å². The Morgan fingerprint density at radius 1 is 1.25 bits per heavy atom. The quantitative estimate of drug-likeness (QED) is 0.752. The van der Waals surface area contributed by atoms with E-state index in [1.54, 1.807) is 7.11 Å². The smallest absolute Gasteiger partial charge is 0.136 e. The second kappa shape index (κ2) is 7.33. The minimum absolute atomic E-state index is 0.630. The summed E-state index contributed by atoms with van der Waals surface area (Å²) < 4.78 is 5.22.